The van der Waals surface area contributed by atoms with Gasteiger partial charge in [0, 0.05) is 32.0 Å². The summed E-state index contributed by atoms with van der Waals surface area (Å²) in [6, 6.07) is -0.863. The van der Waals surface area contributed by atoms with Gasteiger partial charge in [-0.15, -0.1) is 10.1 Å². The average Bonchev–Trinajstić information content (AvgIpc) is 3.28. The molecule has 0 aromatic carbocycles. The largest absolute Gasteiger partial charge is 0.490 e. The maximum absolute atomic E-state index is 12.0. The van der Waals surface area contributed by atoms with Crippen molar-refractivity contribution in [1.82, 2.24) is 20.6 Å². The number of aliphatic carboxylic acids is 1. The summed E-state index contributed by atoms with van der Waals surface area (Å²) in [4.78, 5) is 65.3. The van der Waals surface area contributed by atoms with Gasteiger partial charge in [-0.3, -0.25) is 9.59 Å². The Morgan fingerprint density at radius 2 is 1.86 bits per heavy atom. The van der Waals surface area contributed by atoms with Gasteiger partial charge in [-0.2, -0.15) is 13.2 Å². The molecule has 0 saturated carbocycles. The molecular formula is C18H26F3N5O9. The number of amides is 2. The first-order valence-electron chi connectivity index (χ1n) is 10.1. The molecule has 1 aromatic heterocycles. The molecule has 198 valence electrons. The van der Waals surface area contributed by atoms with Crippen LogP contribution in [0, 0.1) is 10.1 Å². The number of aromatic amines is 1. The molecule has 1 rings (SSSR count). The van der Waals surface area contributed by atoms with Crippen LogP contribution in [0.2, 0.25) is 0 Å². The minimum absolute atomic E-state index is 0.00836. The summed E-state index contributed by atoms with van der Waals surface area (Å²) < 4.78 is 36.4. The fourth-order valence-electron chi connectivity index (χ4n) is 2.32. The van der Waals surface area contributed by atoms with Crippen LogP contribution in [0.1, 0.15) is 37.8 Å². The quantitative estimate of drug-likeness (QED) is 0.117. The highest BCUT2D eigenvalue weighted by molar-refractivity contribution is 5.85. The molecule has 0 aliphatic heterocycles. The molecule has 0 aliphatic rings. The lowest BCUT2D eigenvalue weighted by molar-refractivity contribution is -0.757. The standard InChI is InChI=1S/C16H25N5O7.C2HF3O2/c1-27-16(24)13(9-12-10-17-11-19-12)20-15(23)6-7-18-14(22)5-3-2-4-8-28-21(25)26;3-2(4,5)1(6)7/h10-11,13H,2-9H2,1H3,(H,17,19)(H,18,22)(H,20,23);(H,6,7)/t13-;/m0./s1. The van der Waals surface area contributed by atoms with E-state index in [9.17, 15) is 37.7 Å². The van der Waals surface area contributed by atoms with E-state index in [1.165, 1.54) is 13.4 Å². The minimum Gasteiger partial charge on any atom is -0.475 e. The monoisotopic (exact) mass is 513 g/mol. The third-order valence-electron chi connectivity index (χ3n) is 3.95. The van der Waals surface area contributed by atoms with Crippen LogP contribution in [0.3, 0.4) is 0 Å². The summed E-state index contributed by atoms with van der Waals surface area (Å²) in [5.41, 5.74) is 0.604. The molecule has 0 unspecified atom stereocenters. The highest BCUT2D eigenvalue weighted by Gasteiger charge is 2.38. The van der Waals surface area contributed by atoms with Gasteiger partial charge < -0.3 is 30.3 Å². The first kappa shape index (κ1) is 31.1. The predicted octanol–water partition coefficient (Wildman–Crippen LogP) is 0.518. The van der Waals surface area contributed by atoms with Crippen molar-refractivity contribution in [1.29, 1.82) is 0 Å². The number of hydrogen-bond donors (Lipinski definition) is 4. The van der Waals surface area contributed by atoms with E-state index in [1.807, 2.05) is 0 Å². The van der Waals surface area contributed by atoms with Crippen molar-refractivity contribution >= 4 is 23.8 Å². The molecule has 14 nitrogen and oxygen atoms in total. The number of aromatic nitrogens is 2. The summed E-state index contributed by atoms with van der Waals surface area (Å²) in [6.07, 6.45) is 0.127. The Kier molecular flexibility index (Phi) is 14.8. The van der Waals surface area contributed by atoms with Crippen molar-refractivity contribution in [3.05, 3.63) is 28.3 Å². The number of nitrogens with zero attached hydrogens (tertiary/aromatic N) is 2. The number of imidazole rings is 1. The van der Waals surface area contributed by atoms with Crippen LogP contribution in [-0.4, -0.2) is 76.4 Å². The Morgan fingerprint density at radius 3 is 2.37 bits per heavy atom. The molecule has 1 heterocycles. The first-order chi connectivity index (χ1) is 16.4. The van der Waals surface area contributed by atoms with Gasteiger partial charge in [0.1, 0.15) is 6.04 Å². The van der Waals surface area contributed by atoms with Crippen LogP contribution in [0.5, 0.6) is 0 Å². The lowest BCUT2D eigenvalue weighted by Crippen LogP contribution is -2.44. The van der Waals surface area contributed by atoms with E-state index in [0.29, 0.717) is 25.0 Å². The third-order valence-corrected chi connectivity index (χ3v) is 3.95. The maximum Gasteiger partial charge on any atom is 0.490 e. The zero-order valence-corrected chi connectivity index (χ0v) is 18.6. The smallest absolute Gasteiger partial charge is 0.475 e. The highest BCUT2D eigenvalue weighted by Crippen LogP contribution is 2.13. The van der Waals surface area contributed by atoms with Gasteiger partial charge in [-0.25, -0.2) is 14.6 Å². The highest BCUT2D eigenvalue weighted by atomic mass is 19.4. The molecule has 0 aliphatic carbocycles. The fourth-order valence-corrected chi connectivity index (χ4v) is 2.32. The molecular weight excluding hydrogens is 487 g/mol. The number of carboxylic acids is 1. The Labute approximate surface area is 196 Å². The predicted molar refractivity (Wildman–Crippen MR) is 109 cm³/mol. The number of rotatable bonds is 14. The molecule has 1 atom stereocenters. The summed E-state index contributed by atoms with van der Waals surface area (Å²) in [5.74, 6) is -3.96. The summed E-state index contributed by atoms with van der Waals surface area (Å²) in [7, 11) is 1.23. The Hall–Kier alpha value is -3.92. The minimum atomic E-state index is -5.08. The number of H-pyrrole nitrogens is 1. The van der Waals surface area contributed by atoms with Crippen molar-refractivity contribution in [3.63, 3.8) is 0 Å². The molecule has 1 aromatic rings. The number of carbonyl (C=O) groups is 4. The molecule has 0 fully saturated rings. The molecule has 0 radical (unpaired) electrons. The maximum atomic E-state index is 12.0. The second-order valence-corrected chi connectivity index (χ2v) is 6.68. The summed E-state index contributed by atoms with van der Waals surface area (Å²) in [5, 5.41) is 21.4. The zero-order valence-electron chi connectivity index (χ0n) is 18.6. The van der Waals surface area contributed by atoms with Crippen LogP contribution >= 0.6 is 0 Å². The number of carbonyl (C=O) groups excluding carboxylic acids is 3. The van der Waals surface area contributed by atoms with E-state index >= 15 is 0 Å². The average molecular weight is 513 g/mol. The van der Waals surface area contributed by atoms with Crippen LogP contribution in [-0.2, 0) is 35.2 Å². The Bertz CT molecular complexity index is 819. The van der Waals surface area contributed by atoms with Crippen LogP contribution in [0.4, 0.5) is 13.2 Å². The summed E-state index contributed by atoms with van der Waals surface area (Å²) >= 11 is 0. The number of methoxy groups -OCH3 is 1. The number of ether oxygens (including phenoxy) is 1. The van der Waals surface area contributed by atoms with Crippen molar-refractivity contribution in [2.45, 2.75) is 50.7 Å². The molecule has 35 heavy (non-hydrogen) atoms. The third kappa shape index (κ3) is 16.4. The fraction of sp³-hybridized carbons (Fsp3) is 0.611. The number of halogens is 3. The van der Waals surface area contributed by atoms with E-state index in [2.05, 4.69) is 30.2 Å². The second-order valence-electron chi connectivity index (χ2n) is 6.68. The first-order valence-corrected chi connectivity index (χ1v) is 10.1. The van der Waals surface area contributed by atoms with E-state index in [1.54, 1.807) is 6.20 Å². The van der Waals surface area contributed by atoms with Crippen molar-refractivity contribution < 1.29 is 52.1 Å². The van der Waals surface area contributed by atoms with Gasteiger partial charge in [0.2, 0.25) is 11.8 Å². The van der Waals surface area contributed by atoms with E-state index in [0.717, 1.165) is 0 Å². The van der Waals surface area contributed by atoms with Gasteiger partial charge in [-0.1, -0.05) is 6.42 Å². The topological polar surface area (TPSA) is 203 Å². The van der Waals surface area contributed by atoms with Gasteiger partial charge in [-0.05, 0) is 12.8 Å². The van der Waals surface area contributed by atoms with E-state index in [4.69, 9.17) is 9.90 Å². The van der Waals surface area contributed by atoms with Crippen molar-refractivity contribution in [3.8, 4) is 0 Å². The molecule has 0 saturated heterocycles. The van der Waals surface area contributed by atoms with Crippen molar-refractivity contribution in [2.75, 3.05) is 20.3 Å². The van der Waals surface area contributed by atoms with Gasteiger partial charge in [0.15, 0.2) is 0 Å². The number of esters is 1. The lowest BCUT2D eigenvalue weighted by atomic mass is 10.1. The summed E-state index contributed by atoms with van der Waals surface area (Å²) in [6.45, 7) is 0.139. The molecule has 17 heteroatoms. The number of nitrogens with one attached hydrogen (secondary N) is 3. The Balaban J connectivity index is 0.00000143. The Morgan fingerprint density at radius 1 is 1.20 bits per heavy atom. The molecule has 0 bridgehead atoms. The van der Waals surface area contributed by atoms with Gasteiger partial charge in [0.25, 0.3) is 5.09 Å². The zero-order chi connectivity index (χ0) is 26.9. The number of alkyl halides is 3. The van der Waals surface area contributed by atoms with Crippen LogP contribution < -0.4 is 10.6 Å². The van der Waals surface area contributed by atoms with Crippen LogP contribution in [0.15, 0.2) is 12.5 Å². The van der Waals surface area contributed by atoms with Gasteiger partial charge >= 0.3 is 18.1 Å². The molecule has 2 amide bonds. The SMILES string of the molecule is COC(=O)[C@H](Cc1c[nH]cn1)NC(=O)CCNC(=O)CCCCCO[N+](=O)[O-].O=C(O)C(F)(F)F. The normalized spacial score (nSPS) is 11.3. The van der Waals surface area contributed by atoms with E-state index < -0.39 is 35.2 Å². The number of unbranched alkanes of at least 4 members (excludes halogenated alkanes) is 2. The van der Waals surface area contributed by atoms with Gasteiger partial charge in [0.05, 0.1) is 25.7 Å². The second kappa shape index (κ2) is 16.7. The number of carboxylic acid groups (broad SMARTS) is 1. The van der Waals surface area contributed by atoms with E-state index in [-0.39, 0.29) is 38.3 Å². The molecule has 4 N–H and O–H groups in total. The van der Waals surface area contributed by atoms with Crippen LogP contribution in [0.25, 0.3) is 0 Å². The molecule has 0 spiro atoms. The lowest BCUT2D eigenvalue weighted by Gasteiger charge is -2.15. The number of hydrogen-bond acceptors (Lipinski definition) is 9. The van der Waals surface area contributed by atoms with Crippen molar-refractivity contribution in [2.24, 2.45) is 0 Å².